The van der Waals surface area contributed by atoms with Crippen molar-refractivity contribution in [3.05, 3.63) is 16.2 Å². The van der Waals surface area contributed by atoms with E-state index in [1.165, 1.54) is 11.3 Å². The van der Waals surface area contributed by atoms with Gasteiger partial charge in [-0.2, -0.15) is 17.8 Å². The SMILES string of the molecule is CS(=O)c1nc2c(=O)n(N3CCCC3)c(C(F)(F)F)nc2s1. The fourth-order valence-corrected chi connectivity index (χ4v) is 3.91. The van der Waals surface area contributed by atoms with E-state index in [1.54, 1.807) is 0 Å². The second kappa shape index (κ2) is 5.30. The van der Waals surface area contributed by atoms with Crippen LogP contribution in [0.25, 0.3) is 10.3 Å². The van der Waals surface area contributed by atoms with Gasteiger partial charge >= 0.3 is 6.18 Å². The van der Waals surface area contributed by atoms with Gasteiger partial charge in [0.05, 0.1) is 10.8 Å². The van der Waals surface area contributed by atoms with E-state index in [0.29, 0.717) is 30.6 Å². The number of thiazole rings is 1. The lowest BCUT2D eigenvalue weighted by atomic mass is 10.4. The summed E-state index contributed by atoms with van der Waals surface area (Å²) < 4.78 is 51.8. The fraction of sp³-hybridized carbons (Fsp3) is 0.545. The molecule has 0 amide bonds. The first-order valence-corrected chi connectivity index (χ1v) is 8.76. The van der Waals surface area contributed by atoms with E-state index in [1.807, 2.05) is 0 Å². The van der Waals surface area contributed by atoms with Crippen LogP contribution in [0.4, 0.5) is 13.2 Å². The zero-order chi connectivity index (χ0) is 16.1. The number of hydrogen-bond acceptors (Lipinski definition) is 6. The van der Waals surface area contributed by atoms with E-state index in [4.69, 9.17) is 0 Å². The van der Waals surface area contributed by atoms with Crippen molar-refractivity contribution in [1.82, 2.24) is 14.6 Å². The molecule has 120 valence electrons. The summed E-state index contributed by atoms with van der Waals surface area (Å²) in [5.41, 5.74) is -1.04. The highest BCUT2D eigenvalue weighted by atomic mass is 32.2. The van der Waals surface area contributed by atoms with Crippen molar-refractivity contribution < 1.29 is 17.4 Å². The van der Waals surface area contributed by atoms with Gasteiger partial charge in [0, 0.05) is 19.3 Å². The van der Waals surface area contributed by atoms with E-state index in [9.17, 15) is 22.2 Å². The molecule has 0 saturated carbocycles. The third-order valence-corrected chi connectivity index (χ3v) is 5.54. The maximum absolute atomic E-state index is 13.3. The van der Waals surface area contributed by atoms with Crippen LogP contribution >= 0.6 is 11.3 Å². The third-order valence-electron chi connectivity index (χ3n) is 3.26. The zero-order valence-electron chi connectivity index (χ0n) is 11.4. The Bertz CT molecular complexity index is 808. The minimum Gasteiger partial charge on any atom is -0.308 e. The second-order valence-electron chi connectivity index (χ2n) is 4.80. The Hall–Kier alpha value is -1.49. The smallest absolute Gasteiger partial charge is 0.308 e. The molecule has 1 atom stereocenters. The molecule has 1 fully saturated rings. The molecule has 0 radical (unpaired) electrons. The van der Waals surface area contributed by atoms with Crippen molar-refractivity contribution in [1.29, 1.82) is 0 Å². The van der Waals surface area contributed by atoms with E-state index in [-0.39, 0.29) is 14.7 Å². The number of alkyl halides is 3. The molecule has 0 aromatic carbocycles. The molecule has 1 aliphatic heterocycles. The number of hydrogen-bond donors (Lipinski definition) is 0. The third kappa shape index (κ3) is 2.51. The Kier molecular flexibility index (Phi) is 3.71. The standard InChI is InChI=1S/C11H11F3N4O2S2/c1-22(20)10-15-6-7(21-10)16-9(11(12,13)14)18(8(6)19)17-4-2-3-5-17/h2-5H2,1H3. The van der Waals surface area contributed by atoms with Crippen LogP contribution in [-0.2, 0) is 17.0 Å². The fourth-order valence-electron chi connectivity index (χ4n) is 2.32. The lowest BCUT2D eigenvalue weighted by Gasteiger charge is -2.23. The van der Waals surface area contributed by atoms with Crippen LogP contribution in [0, 0.1) is 0 Å². The highest BCUT2D eigenvalue weighted by Gasteiger charge is 2.40. The molecule has 11 heteroatoms. The quantitative estimate of drug-likeness (QED) is 0.816. The predicted molar refractivity (Wildman–Crippen MR) is 76.2 cm³/mol. The number of rotatable bonds is 2. The van der Waals surface area contributed by atoms with E-state index < -0.39 is 28.4 Å². The molecule has 0 spiro atoms. The van der Waals surface area contributed by atoms with Crippen molar-refractivity contribution in [3.63, 3.8) is 0 Å². The highest BCUT2D eigenvalue weighted by molar-refractivity contribution is 7.86. The lowest BCUT2D eigenvalue weighted by Crippen LogP contribution is -2.44. The molecule has 1 unspecified atom stereocenters. The molecule has 2 aromatic heterocycles. The topological polar surface area (TPSA) is 68.1 Å². The molecule has 3 heterocycles. The Morgan fingerprint density at radius 1 is 1.23 bits per heavy atom. The summed E-state index contributed by atoms with van der Waals surface area (Å²) in [6.45, 7) is 0.708. The molecule has 0 aliphatic carbocycles. The molecular formula is C11H11F3N4O2S2. The van der Waals surface area contributed by atoms with Crippen molar-refractivity contribution in [3.8, 4) is 0 Å². The van der Waals surface area contributed by atoms with Gasteiger partial charge in [-0.3, -0.25) is 9.00 Å². The first-order chi connectivity index (χ1) is 10.3. The summed E-state index contributed by atoms with van der Waals surface area (Å²) in [6.07, 6.45) is -1.99. The van der Waals surface area contributed by atoms with E-state index in [2.05, 4.69) is 9.97 Å². The molecule has 1 saturated heterocycles. The van der Waals surface area contributed by atoms with Gasteiger partial charge in [-0.15, -0.1) is 0 Å². The van der Waals surface area contributed by atoms with E-state index in [0.717, 1.165) is 11.3 Å². The minimum absolute atomic E-state index is 0.0897. The molecule has 1 aliphatic rings. The van der Waals surface area contributed by atoms with Crippen LogP contribution in [0.5, 0.6) is 0 Å². The molecule has 22 heavy (non-hydrogen) atoms. The monoisotopic (exact) mass is 352 g/mol. The average Bonchev–Trinajstić information content (AvgIpc) is 3.05. The zero-order valence-corrected chi connectivity index (χ0v) is 13.0. The van der Waals surface area contributed by atoms with Crippen molar-refractivity contribution in [2.45, 2.75) is 23.4 Å². The molecule has 0 bridgehead atoms. The highest BCUT2D eigenvalue weighted by Crippen LogP contribution is 2.30. The lowest BCUT2D eigenvalue weighted by molar-refractivity contribution is -0.147. The van der Waals surface area contributed by atoms with Gasteiger partial charge in [0.25, 0.3) is 5.56 Å². The Labute approximate surface area is 129 Å². The van der Waals surface area contributed by atoms with Crippen molar-refractivity contribution >= 4 is 32.5 Å². The molecule has 6 nitrogen and oxygen atoms in total. The van der Waals surface area contributed by atoms with Gasteiger partial charge in [0.2, 0.25) is 5.82 Å². The minimum atomic E-state index is -4.76. The Morgan fingerprint density at radius 2 is 1.86 bits per heavy atom. The number of fused-ring (bicyclic) bond motifs is 1. The van der Waals surface area contributed by atoms with Crippen molar-refractivity contribution in [2.75, 3.05) is 24.4 Å². The maximum atomic E-state index is 13.3. The molecule has 2 aromatic rings. The number of halogens is 3. The molecular weight excluding hydrogens is 341 g/mol. The first-order valence-electron chi connectivity index (χ1n) is 6.38. The van der Waals surface area contributed by atoms with Crippen LogP contribution in [0.15, 0.2) is 9.13 Å². The summed E-state index contributed by atoms with van der Waals surface area (Å²) in [5, 5.41) is 1.33. The van der Waals surface area contributed by atoms with Gasteiger partial charge in [-0.05, 0) is 12.8 Å². The largest absolute Gasteiger partial charge is 0.451 e. The molecule has 0 N–H and O–H groups in total. The summed E-state index contributed by atoms with van der Waals surface area (Å²) in [7, 11) is -1.48. The van der Waals surface area contributed by atoms with Crippen LogP contribution in [0.1, 0.15) is 18.7 Å². The number of nitrogens with zero attached hydrogens (tertiary/aromatic N) is 4. The van der Waals surface area contributed by atoms with E-state index >= 15 is 0 Å². The van der Waals surface area contributed by atoms with Gasteiger partial charge in [0.1, 0.15) is 0 Å². The summed E-state index contributed by atoms with van der Waals surface area (Å²) >= 11 is 0.747. The summed E-state index contributed by atoms with van der Waals surface area (Å²) in [5.74, 6) is -1.26. The van der Waals surface area contributed by atoms with Crippen LogP contribution < -0.4 is 10.6 Å². The van der Waals surface area contributed by atoms with Gasteiger partial charge in [-0.1, -0.05) is 11.3 Å². The number of aromatic nitrogens is 3. The Balaban J connectivity index is 2.32. The van der Waals surface area contributed by atoms with Gasteiger partial charge in [-0.25, -0.2) is 9.97 Å². The van der Waals surface area contributed by atoms with Crippen molar-refractivity contribution in [2.24, 2.45) is 0 Å². The molecule has 3 rings (SSSR count). The second-order valence-corrected chi connectivity index (χ2v) is 7.33. The normalized spacial score (nSPS) is 17.4. The summed E-state index contributed by atoms with van der Waals surface area (Å²) in [6, 6.07) is 0. The first kappa shape index (κ1) is 15.4. The average molecular weight is 352 g/mol. The summed E-state index contributed by atoms with van der Waals surface area (Å²) in [4.78, 5) is 19.8. The predicted octanol–water partition coefficient (Wildman–Crippen LogP) is 1.34. The van der Waals surface area contributed by atoms with Gasteiger partial charge in [0.15, 0.2) is 14.7 Å². The van der Waals surface area contributed by atoms with Crippen LogP contribution in [0.3, 0.4) is 0 Å². The Morgan fingerprint density at radius 3 is 2.41 bits per heavy atom. The maximum Gasteiger partial charge on any atom is 0.451 e. The van der Waals surface area contributed by atoms with Crippen LogP contribution in [-0.4, -0.2) is 38.2 Å². The van der Waals surface area contributed by atoms with Crippen LogP contribution in [0.2, 0.25) is 0 Å². The van der Waals surface area contributed by atoms with Gasteiger partial charge < -0.3 is 5.01 Å².